The smallest absolute Gasteiger partial charge is 0.263 e. The Morgan fingerprint density at radius 1 is 1.57 bits per heavy atom. The molecule has 1 aliphatic heterocycles. The zero-order valence-corrected chi connectivity index (χ0v) is 14.5. The first kappa shape index (κ1) is 16.6. The zero-order valence-electron chi connectivity index (χ0n) is 12.2. The molecule has 2 N–H and O–H groups in total. The van der Waals surface area contributed by atoms with E-state index in [1.807, 2.05) is 11.8 Å². The van der Waals surface area contributed by atoms with E-state index in [4.69, 9.17) is 22.1 Å². The van der Waals surface area contributed by atoms with Gasteiger partial charge in [0, 0.05) is 23.7 Å². The molecule has 0 aromatic heterocycles. The number of carbonyl (C=O) groups is 1. The van der Waals surface area contributed by atoms with Gasteiger partial charge in [0.2, 0.25) is 0 Å². The minimum Gasteiger partial charge on any atom is -0.480 e. The van der Waals surface area contributed by atoms with E-state index in [1.54, 1.807) is 25.1 Å². The van der Waals surface area contributed by atoms with Crippen molar-refractivity contribution in [1.82, 2.24) is 4.90 Å². The third-order valence-corrected chi connectivity index (χ3v) is 4.60. The number of amides is 1. The number of nitrogens with zero attached hydrogens (tertiary/aromatic N) is 1. The molecule has 21 heavy (non-hydrogen) atoms. The van der Waals surface area contributed by atoms with Crippen molar-refractivity contribution in [1.29, 1.82) is 0 Å². The van der Waals surface area contributed by atoms with Crippen molar-refractivity contribution in [3.63, 3.8) is 0 Å². The lowest BCUT2D eigenvalue weighted by atomic mass is 9.98. The van der Waals surface area contributed by atoms with Gasteiger partial charge in [-0.15, -0.1) is 0 Å². The molecule has 0 saturated carbocycles. The second-order valence-electron chi connectivity index (χ2n) is 5.50. The van der Waals surface area contributed by atoms with E-state index in [9.17, 15) is 4.79 Å². The van der Waals surface area contributed by atoms with E-state index in [2.05, 4.69) is 15.9 Å². The average molecular weight is 376 g/mol. The summed E-state index contributed by atoms with van der Waals surface area (Å²) in [5, 5.41) is 0.617. The molecule has 0 unspecified atom stereocenters. The zero-order chi connectivity index (χ0) is 15.6. The molecule has 116 valence electrons. The SMILES string of the molecule is C[C@H](Oc1ccc(Cl)cc1Br)C(=O)N1CC[C@H](N)C[C@@H]1C. The maximum absolute atomic E-state index is 12.5. The van der Waals surface area contributed by atoms with Gasteiger partial charge in [-0.2, -0.15) is 0 Å². The second kappa shape index (κ2) is 6.99. The molecule has 3 atom stereocenters. The van der Waals surface area contributed by atoms with Crippen LogP contribution in [0.4, 0.5) is 0 Å². The number of halogens is 2. The molecule has 0 spiro atoms. The van der Waals surface area contributed by atoms with Crippen molar-refractivity contribution in [2.75, 3.05) is 6.54 Å². The molecular weight excluding hydrogens is 356 g/mol. The van der Waals surface area contributed by atoms with Crippen LogP contribution in [0.1, 0.15) is 26.7 Å². The van der Waals surface area contributed by atoms with Gasteiger partial charge in [0.25, 0.3) is 5.91 Å². The number of piperidine rings is 1. The summed E-state index contributed by atoms with van der Waals surface area (Å²) < 4.78 is 6.50. The maximum Gasteiger partial charge on any atom is 0.263 e. The predicted octanol–water partition coefficient (Wildman–Crippen LogP) is 3.21. The van der Waals surface area contributed by atoms with Crippen LogP contribution in [0.15, 0.2) is 22.7 Å². The van der Waals surface area contributed by atoms with Crippen molar-refractivity contribution >= 4 is 33.4 Å². The highest BCUT2D eigenvalue weighted by Crippen LogP contribution is 2.29. The number of carbonyl (C=O) groups excluding carboxylic acids is 1. The van der Waals surface area contributed by atoms with Crippen LogP contribution in [-0.2, 0) is 4.79 Å². The van der Waals surface area contributed by atoms with Gasteiger partial charge >= 0.3 is 0 Å². The van der Waals surface area contributed by atoms with Gasteiger partial charge in [0.15, 0.2) is 6.10 Å². The number of rotatable bonds is 3. The van der Waals surface area contributed by atoms with Gasteiger partial charge in [-0.05, 0) is 60.8 Å². The molecule has 1 fully saturated rings. The van der Waals surface area contributed by atoms with E-state index in [0.29, 0.717) is 17.3 Å². The van der Waals surface area contributed by atoms with E-state index >= 15 is 0 Å². The lowest BCUT2D eigenvalue weighted by Crippen LogP contribution is -2.51. The summed E-state index contributed by atoms with van der Waals surface area (Å²) in [5.74, 6) is 0.609. The Balaban J connectivity index is 2.02. The van der Waals surface area contributed by atoms with Gasteiger partial charge < -0.3 is 15.4 Å². The summed E-state index contributed by atoms with van der Waals surface area (Å²) in [6.07, 6.45) is 1.13. The number of hydrogen-bond acceptors (Lipinski definition) is 3. The van der Waals surface area contributed by atoms with Crippen LogP contribution < -0.4 is 10.5 Å². The first-order valence-corrected chi connectivity index (χ1v) is 8.23. The quantitative estimate of drug-likeness (QED) is 0.882. The van der Waals surface area contributed by atoms with Crippen LogP contribution in [0.5, 0.6) is 5.75 Å². The topological polar surface area (TPSA) is 55.6 Å². The third kappa shape index (κ3) is 4.11. The monoisotopic (exact) mass is 374 g/mol. The van der Waals surface area contributed by atoms with E-state index < -0.39 is 6.10 Å². The molecule has 1 aliphatic rings. The van der Waals surface area contributed by atoms with E-state index in [0.717, 1.165) is 17.3 Å². The Kier molecular flexibility index (Phi) is 5.52. The van der Waals surface area contributed by atoms with Gasteiger partial charge in [-0.3, -0.25) is 4.79 Å². The number of hydrogen-bond donors (Lipinski definition) is 1. The summed E-state index contributed by atoms with van der Waals surface area (Å²) in [6.45, 7) is 4.49. The van der Waals surface area contributed by atoms with Gasteiger partial charge in [-0.25, -0.2) is 0 Å². The second-order valence-corrected chi connectivity index (χ2v) is 6.79. The van der Waals surface area contributed by atoms with Crippen molar-refractivity contribution in [3.8, 4) is 5.75 Å². The standard InChI is InChI=1S/C15H20BrClN2O2/c1-9-7-12(18)5-6-19(9)15(20)10(2)21-14-4-3-11(17)8-13(14)16/h3-4,8-10,12H,5-7,18H2,1-2H3/t9-,10-,12-/m0/s1. The fraction of sp³-hybridized carbons (Fsp3) is 0.533. The Morgan fingerprint density at radius 2 is 2.29 bits per heavy atom. The number of benzene rings is 1. The van der Waals surface area contributed by atoms with Crippen molar-refractivity contribution in [2.45, 2.75) is 44.9 Å². The lowest BCUT2D eigenvalue weighted by molar-refractivity contribution is -0.141. The molecule has 0 radical (unpaired) electrons. The Morgan fingerprint density at radius 3 is 2.90 bits per heavy atom. The average Bonchev–Trinajstić information content (AvgIpc) is 2.41. The van der Waals surface area contributed by atoms with Crippen molar-refractivity contribution < 1.29 is 9.53 Å². The largest absolute Gasteiger partial charge is 0.480 e. The van der Waals surface area contributed by atoms with Crippen molar-refractivity contribution in [3.05, 3.63) is 27.7 Å². The highest BCUT2D eigenvalue weighted by atomic mass is 79.9. The van der Waals surface area contributed by atoms with Crippen LogP contribution in [0.3, 0.4) is 0 Å². The fourth-order valence-electron chi connectivity index (χ4n) is 2.58. The molecule has 0 aliphatic carbocycles. The Hall–Kier alpha value is -0.780. The van der Waals surface area contributed by atoms with Crippen molar-refractivity contribution in [2.24, 2.45) is 5.73 Å². The molecule has 2 rings (SSSR count). The van der Waals surface area contributed by atoms with Gasteiger partial charge in [0.1, 0.15) is 5.75 Å². The summed E-state index contributed by atoms with van der Waals surface area (Å²) in [7, 11) is 0. The summed E-state index contributed by atoms with van der Waals surface area (Å²) in [6, 6.07) is 5.58. The van der Waals surface area contributed by atoms with E-state index in [1.165, 1.54) is 0 Å². The van der Waals surface area contributed by atoms with Crippen LogP contribution >= 0.6 is 27.5 Å². The van der Waals surface area contributed by atoms with Gasteiger partial charge in [-0.1, -0.05) is 11.6 Å². The third-order valence-electron chi connectivity index (χ3n) is 3.75. The van der Waals surface area contributed by atoms with Crippen LogP contribution in [0.25, 0.3) is 0 Å². The van der Waals surface area contributed by atoms with E-state index in [-0.39, 0.29) is 18.0 Å². The molecule has 4 nitrogen and oxygen atoms in total. The summed E-state index contributed by atoms with van der Waals surface area (Å²) in [5.41, 5.74) is 5.93. The molecule has 1 aromatic carbocycles. The number of likely N-dealkylation sites (tertiary alicyclic amines) is 1. The first-order valence-electron chi connectivity index (χ1n) is 7.06. The van der Waals surface area contributed by atoms with Crippen LogP contribution in [0.2, 0.25) is 5.02 Å². The molecule has 1 amide bonds. The van der Waals surface area contributed by atoms with Crippen LogP contribution in [0, 0.1) is 0 Å². The van der Waals surface area contributed by atoms with Crippen LogP contribution in [-0.4, -0.2) is 35.5 Å². The molecule has 1 heterocycles. The summed E-state index contributed by atoms with van der Waals surface area (Å²) >= 11 is 9.29. The predicted molar refractivity (Wildman–Crippen MR) is 87.6 cm³/mol. The minimum absolute atomic E-state index is 0.00347. The maximum atomic E-state index is 12.5. The normalized spacial score (nSPS) is 23.8. The Bertz CT molecular complexity index is 526. The highest BCUT2D eigenvalue weighted by Gasteiger charge is 2.30. The first-order chi connectivity index (χ1) is 9.88. The molecule has 1 aromatic rings. The number of nitrogens with two attached hydrogens (primary N) is 1. The molecule has 1 saturated heterocycles. The highest BCUT2D eigenvalue weighted by molar-refractivity contribution is 9.10. The Labute approximate surface area is 138 Å². The summed E-state index contributed by atoms with van der Waals surface area (Å²) in [4.78, 5) is 14.4. The molecular formula is C15H20BrClN2O2. The lowest BCUT2D eigenvalue weighted by Gasteiger charge is -2.37. The molecule has 6 heteroatoms. The van der Waals surface area contributed by atoms with Gasteiger partial charge in [0.05, 0.1) is 4.47 Å². The fourth-order valence-corrected chi connectivity index (χ4v) is 3.36. The minimum atomic E-state index is -0.542. The molecule has 0 bridgehead atoms. The number of ether oxygens (including phenoxy) is 1.